The largest absolute Gasteiger partial charge is 0.389 e. The number of benzene rings is 1. The van der Waals surface area contributed by atoms with Gasteiger partial charge in [0, 0.05) is 23.1 Å². The highest BCUT2D eigenvalue weighted by atomic mass is 32.2. The van der Waals surface area contributed by atoms with Crippen LogP contribution in [0.25, 0.3) is 11.3 Å². The van der Waals surface area contributed by atoms with Gasteiger partial charge in [0.05, 0.1) is 16.3 Å². The molecule has 1 unspecified atom stereocenters. The van der Waals surface area contributed by atoms with Gasteiger partial charge in [-0.15, -0.1) is 11.3 Å². The number of hydrogen-bond acceptors (Lipinski definition) is 4. The Balaban J connectivity index is 1.75. The average Bonchev–Trinajstić information content (AvgIpc) is 2.86. The quantitative estimate of drug-likeness (QED) is 0.918. The second-order valence-electron chi connectivity index (χ2n) is 6.73. The van der Waals surface area contributed by atoms with E-state index in [4.69, 9.17) is 4.98 Å². The summed E-state index contributed by atoms with van der Waals surface area (Å²) in [5, 5.41) is 14.0. The third kappa shape index (κ3) is 3.68. The normalized spacial score (nSPS) is 24.9. The summed E-state index contributed by atoms with van der Waals surface area (Å²) in [5.41, 5.74) is 1.75. The number of thiazole rings is 1. The van der Waals surface area contributed by atoms with E-state index < -0.39 is 5.60 Å². The van der Waals surface area contributed by atoms with Crippen LogP contribution in [0.1, 0.15) is 25.3 Å². The topological polar surface area (TPSA) is 33.1 Å². The highest BCUT2D eigenvalue weighted by Crippen LogP contribution is 2.41. The second-order valence-corrected chi connectivity index (χ2v) is 8.66. The standard InChI is InChI=1S/C17H21NOS2/c1-16(2)10-17(19,12-20-11-16)8-15-18-14(9-21-15)13-6-4-3-5-7-13/h3-7,9,19H,8,10-12H2,1-2H3. The molecule has 112 valence electrons. The van der Waals surface area contributed by atoms with Crippen molar-refractivity contribution in [2.45, 2.75) is 32.3 Å². The van der Waals surface area contributed by atoms with Crippen LogP contribution < -0.4 is 0 Å². The van der Waals surface area contributed by atoms with E-state index in [-0.39, 0.29) is 5.41 Å². The van der Waals surface area contributed by atoms with Crippen molar-refractivity contribution in [3.05, 3.63) is 40.7 Å². The van der Waals surface area contributed by atoms with Gasteiger partial charge in [0.25, 0.3) is 0 Å². The molecule has 1 atom stereocenters. The lowest BCUT2D eigenvalue weighted by molar-refractivity contribution is 0.0200. The molecule has 0 aliphatic carbocycles. The fourth-order valence-corrected chi connectivity index (χ4v) is 5.32. The maximum Gasteiger partial charge on any atom is 0.0961 e. The van der Waals surface area contributed by atoms with E-state index >= 15 is 0 Å². The van der Waals surface area contributed by atoms with E-state index in [1.165, 1.54) is 0 Å². The summed E-state index contributed by atoms with van der Waals surface area (Å²) >= 11 is 3.51. The molecule has 2 nitrogen and oxygen atoms in total. The van der Waals surface area contributed by atoms with Crippen LogP contribution in [-0.4, -0.2) is 27.2 Å². The molecule has 1 aliphatic rings. The molecule has 0 radical (unpaired) electrons. The van der Waals surface area contributed by atoms with Crippen molar-refractivity contribution in [2.75, 3.05) is 11.5 Å². The first-order valence-corrected chi connectivity index (χ1v) is 9.29. The fraction of sp³-hybridized carbons (Fsp3) is 0.471. The Morgan fingerprint density at radius 1 is 1.19 bits per heavy atom. The Morgan fingerprint density at radius 2 is 1.95 bits per heavy atom. The molecule has 1 aromatic heterocycles. The Bertz CT molecular complexity index is 608. The molecule has 3 rings (SSSR count). The van der Waals surface area contributed by atoms with E-state index in [0.29, 0.717) is 6.42 Å². The lowest BCUT2D eigenvalue weighted by atomic mass is 9.80. The zero-order chi connectivity index (χ0) is 14.9. The Kier molecular flexibility index (Phi) is 4.12. The Morgan fingerprint density at radius 3 is 2.67 bits per heavy atom. The van der Waals surface area contributed by atoms with Crippen LogP contribution in [-0.2, 0) is 6.42 Å². The van der Waals surface area contributed by atoms with E-state index in [1.807, 2.05) is 30.0 Å². The van der Waals surface area contributed by atoms with Crippen LogP contribution in [0.4, 0.5) is 0 Å². The maximum atomic E-state index is 10.9. The molecule has 1 aromatic carbocycles. The summed E-state index contributed by atoms with van der Waals surface area (Å²) in [4.78, 5) is 4.72. The van der Waals surface area contributed by atoms with Crippen LogP contribution in [0.3, 0.4) is 0 Å². The van der Waals surface area contributed by atoms with Gasteiger partial charge < -0.3 is 5.11 Å². The number of nitrogens with zero attached hydrogens (tertiary/aromatic N) is 1. The molecule has 1 N–H and O–H groups in total. The van der Waals surface area contributed by atoms with Crippen molar-refractivity contribution < 1.29 is 5.11 Å². The van der Waals surface area contributed by atoms with Crippen molar-refractivity contribution in [2.24, 2.45) is 5.41 Å². The van der Waals surface area contributed by atoms with Crippen molar-refractivity contribution in [1.29, 1.82) is 0 Å². The number of aromatic nitrogens is 1. The first-order valence-electron chi connectivity index (χ1n) is 7.26. The van der Waals surface area contributed by atoms with E-state index in [2.05, 4.69) is 31.4 Å². The van der Waals surface area contributed by atoms with E-state index in [0.717, 1.165) is 34.2 Å². The van der Waals surface area contributed by atoms with Gasteiger partial charge >= 0.3 is 0 Å². The number of rotatable bonds is 3. The lowest BCUT2D eigenvalue weighted by Crippen LogP contribution is -2.44. The molecule has 0 bridgehead atoms. The summed E-state index contributed by atoms with van der Waals surface area (Å²) in [6, 6.07) is 10.2. The molecule has 1 aliphatic heterocycles. The SMILES string of the molecule is CC1(C)CSCC(O)(Cc2nc(-c3ccccc3)cs2)C1. The lowest BCUT2D eigenvalue weighted by Gasteiger charge is -2.40. The van der Waals surface area contributed by atoms with Gasteiger partial charge in [-0.25, -0.2) is 4.98 Å². The molecule has 2 heterocycles. The molecular formula is C17H21NOS2. The highest BCUT2D eigenvalue weighted by Gasteiger charge is 2.39. The van der Waals surface area contributed by atoms with Crippen LogP contribution in [0.5, 0.6) is 0 Å². The van der Waals surface area contributed by atoms with Crippen LogP contribution in [0.15, 0.2) is 35.7 Å². The minimum atomic E-state index is -0.613. The van der Waals surface area contributed by atoms with Crippen molar-refractivity contribution in [1.82, 2.24) is 4.98 Å². The predicted octanol–water partition coefficient (Wildman–Crippen LogP) is 4.25. The molecule has 2 aromatic rings. The van der Waals surface area contributed by atoms with Crippen molar-refractivity contribution >= 4 is 23.1 Å². The van der Waals surface area contributed by atoms with Gasteiger partial charge in [-0.05, 0) is 17.6 Å². The van der Waals surface area contributed by atoms with Crippen LogP contribution >= 0.6 is 23.1 Å². The zero-order valence-corrected chi connectivity index (χ0v) is 14.1. The Hall–Kier alpha value is -0.840. The number of hydrogen-bond donors (Lipinski definition) is 1. The van der Waals surface area contributed by atoms with Crippen molar-refractivity contribution in [3.63, 3.8) is 0 Å². The fourth-order valence-electron chi connectivity index (χ4n) is 3.04. The van der Waals surface area contributed by atoms with Crippen molar-refractivity contribution in [3.8, 4) is 11.3 Å². The molecular weight excluding hydrogens is 298 g/mol. The average molecular weight is 319 g/mol. The van der Waals surface area contributed by atoms with E-state index in [1.54, 1.807) is 11.3 Å². The monoisotopic (exact) mass is 319 g/mol. The second kappa shape index (κ2) is 5.75. The minimum Gasteiger partial charge on any atom is -0.389 e. The van der Waals surface area contributed by atoms with Gasteiger partial charge in [-0.3, -0.25) is 0 Å². The number of aliphatic hydroxyl groups is 1. The summed E-state index contributed by atoms with van der Waals surface area (Å²) in [5.74, 6) is 1.94. The summed E-state index contributed by atoms with van der Waals surface area (Å²) in [6.45, 7) is 4.47. The van der Waals surface area contributed by atoms with Gasteiger partial charge in [0.15, 0.2) is 0 Å². The van der Waals surface area contributed by atoms with Gasteiger partial charge in [0.2, 0.25) is 0 Å². The minimum absolute atomic E-state index is 0.206. The molecule has 0 amide bonds. The van der Waals surface area contributed by atoms with Gasteiger partial charge in [0.1, 0.15) is 0 Å². The summed E-state index contributed by atoms with van der Waals surface area (Å²) < 4.78 is 0. The van der Waals surface area contributed by atoms with Crippen LogP contribution in [0.2, 0.25) is 0 Å². The van der Waals surface area contributed by atoms with Crippen LogP contribution in [0, 0.1) is 5.41 Å². The first-order chi connectivity index (χ1) is 9.96. The molecule has 0 spiro atoms. The molecule has 0 saturated carbocycles. The number of thioether (sulfide) groups is 1. The molecule has 1 fully saturated rings. The smallest absolute Gasteiger partial charge is 0.0961 e. The molecule has 1 saturated heterocycles. The third-order valence-electron chi connectivity index (χ3n) is 3.77. The van der Waals surface area contributed by atoms with E-state index in [9.17, 15) is 5.11 Å². The predicted molar refractivity (Wildman–Crippen MR) is 91.9 cm³/mol. The molecule has 4 heteroatoms. The maximum absolute atomic E-state index is 10.9. The van der Waals surface area contributed by atoms with Gasteiger partial charge in [-0.2, -0.15) is 11.8 Å². The first kappa shape index (κ1) is 15.1. The highest BCUT2D eigenvalue weighted by molar-refractivity contribution is 7.99. The molecule has 21 heavy (non-hydrogen) atoms. The third-order valence-corrected chi connectivity index (χ3v) is 6.35. The van der Waals surface area contributed by atoms with Gasteiger partial charge in [-0.1, -0.05) is 44.2 Å². The summed E-state index contributed by atoms with van der Waals surface area (Å²) in [6.07, 6.45) is 1.52. The Labute approximate surface area is 134 Å². The zero-order valence-electron chi connectivity index (χ0n) is 12.5. The summed E-state index contributed by atoms with van der Waals surface area (Å²) in [7, 11) is 0.